The van der Waals surface area contributed by atoms with Crippen LogP contribution in [-0.4, -0.2) is 27.5 Å². The quantitative estimate of drug-likeness (QED) is 0.749. The molecule has 0 radical (unpaired) electrons. The minimum Gasteiger partial charge on any atom is -0.460 e. The molecule has 0 aliphatic heterocycles. The number of carbonyl (C=O) groups is 1. The summed E-state index contributed by atoms with van der Waals surface area (Å²) in [5.41, 5.74) is 2.82. The Morgan fingerprint density at radius 3 is 2.95 bits per heavy atom. The van der Waals surface area contributed by atoms with Crippen LogP contribution in [0.25, 0.3) is 10.9 Å². The molecule has 0 amide bonds. The van der Waals surface area contributed by atoms with E-state index in [1.165, 1.54) is 0 Å². The molecular formula is C16H14ClN3O2. The van der Waals surface area contributed by atoms with E-state index in [9.17, 15) is 4.79 Å². The lowest BCUT2D eigenvalue weighted by Gasteiger charge is -2.03. The fraction of sp³-hybridized carbons (Fsp3) is 0.188. The van der Waals surface area contributed by atoms with Gasteiger partial charge in [-0.3, -0.25) is 4.98 Å². The summed E-state index contributed by atoms with van der Waals surface area (Å²) >= 11 is 5.97. The summed E-state index contributed by atoms with van der Waals surface area (Å²) in [5, 5.41) is 1.59. The second kappa shape index (κ2) is 6.15. The summed E-state index contributed by atoms with van der Waals surface area (Å²) in [7, 11) is 0. The number of ether oxygens (including phenoxy) is 1. The molecule has 5 nitrogen and oxygen atoms in total. The van der Waals surface area contributed by atoms with Crippen molar-refractivity contribution >= 4 is 28.5 Å². The van der Waals surface area contributed by atoms with Gasteiger partial charge < -0.3 is 9.72 Å². The first-order valence-electron chi connectivity index (χ1n) is 6.91. The van der Waals surface area contributed by atoms with Crippen molar-refractivity contribution < 1.29 is 9.53 Å². The van der Waals surface area contributed by atoms with E-state index in [0.29, 0.717) is 18.1 Å². The Bertz CT molecular complexity index is 829. The highest BCUT2D eigenvalue weighted by Crippen LogP contribution is 2.19. The first kappa shape index (κ1) is 14.5. The summed E-state index contributed by atoms with van der Waals surface area (Å²) in [5.74, 6) is -0.217. The molecule has 2 heterocycles. The number of aromatic amines is 1. The van der Waals surface area contributed by atoms with Crippen LogP contribution in [0.5, 0.6) is 0 Å². The van der Waals surface area contributed by atoms with Crippen molar-refractivity contribution in [2.75, 3.05) is 6.61 Å². The van der Waals surface area contributed by atoms with E-state index in [-0.39, 0.29) is 5.82 Å². The Morgan fingerprint density at radius 1 is 1.27 bits per heavy atom. The third-order valence-electron chi connectivity index (χ3n) is 3.20. The molecule has 3 aromatic rings. The number of carbonyl (C=O) groups excluding carboxylic acids is 1. The monoisotopic (exact) mass is 315 g/mol. The Hall–Kier alpha value is -2.40. The van der Waals surface area contributed by atoms with Gasteiger partial charge in [0.15, 0.2) is 0 Å². The Labute approximate surface area is 132 Å². The van der Waals surface area contributed by atoms with E-state index in [2.05, 4.69) is 15.0 Å². The van der Waals surface area contributed by atoms with Gasteiger partial charge in [-0.2, -0.15) is 0 Å². The fourth-order valence-corrected chi connectivity index (χ4v) is 2.40. The minimum atomic E-state index is -0.441. The van der Waals surface area contributed by atoms with Crippen LogP contribution < -0.4 is 0 Å². The van der Waals surface area contributed by atoms with Gasteiger partial charge in [0.1, 0.15) is 0 Å². The zero-order chi connectivity index (χ0) is 15.5. The smallest absolute Gasteiger partial charge is 0.374 e. The van der Waals surface area contributed by atoms with Crippen LogP contribution in [0.15, 0.2) is 36.7 Å². The van der Waals surface area contributed by atoms with Crippen molar-refractivity contribution in [2.45, 2.75) is 13.3 Å². The molecular weight excluding hydrogens is 302 g/mol. The summed E-state index contributed by atoms with van der Waals surface area (Å²) < 4.78 is 4.91. The molecule has 0 saturated carbocycles. The van der Waals surface area contributed by atoms with Crippen LogP contribution in [0.4, 0.5) is 0 Å². The predicted octanol–water partition coefficient (Wildman–Crippen LogP) is 3.38. The molecule has 0 bridgehead atoms. The van der Waals surface area contributed by atoms with E-state index < -0.39 is 5.97 Å². The lowest BCUT2D eigenvalue weighted by molar-refractivity contribution is 0.0513. The maximum absolute atomic E-state index is 11.6. The number of fused-ring (bicyclic) bond motifs is 1. The van der Waals surface area contributed by atoms with Crippen molar-refractivity contribution in [3.05, 3.63) is 58.8 Å². The lowest BCUT2D eigenvalue weighted by atomic mass is 10.1. The van der Waals surface area contributed by atoms with E-state index in [0.717, 1.165) is 22.2 Å². The number of halogens is 1. The molecule has 0 fully saturated rings. The van der Waals surface area contributed by atoms with E-state index in [4.69, 9.17) is 16.3 Å². The molecule has 112 valence electrons. The predicted molar refractivity (Wildman–Crippen MR) is 84.1 cm³/mol. The number of hydrogen-bond acceptors (Lipinski definition) is 4. The Kier molecular flexibility index (Phi) is 4.06. The Morgan fingerprint density at radius 2 is 2.14 bits per heavy atom. The van der Waals surface area contributed by atoms with Gasteiger partial charge in [-0.15, -0.1) is 0 Å². The number of nitrogens with one attached hydrogen (secondary N) is 1. The number of H-pyrrole nitrogens is 1. The van der Waals surface area contributed by atoms with Crippen LogP contribution in [-0.2, 0) is 11.2 Å². The van der Waals surface area contributed by atoms with Gasteiger partial charge >= 0.3 is 5.97 Å². The summed E-state index contributed by atoms with van der Waals surface area (Å²) in [6, 6.07) is 7.85. The van der Waals surface area contributed by atoms with Crippen molar-refractivity contribution in [1.82, 2.24) is 15.0 Å². The molecule has 0 spiro atoms. The largest absolute Gasteiger partial charge is 0.460 e. The number of imidazole rings is 1. The normalized spacial score (nSPS) is 10.8. The lowest BCUT2D eigenvalue weighted by Crippen LogP contribution is -2.06. The average Bonchev–Trinajstić information content (AvgIpc) is 2.96. The van der Waals surface area contributed by atoms with Crippen molar-refractivity contribution in [3.63, 3.8) is 0 Å². The molecule has 0 atom stereocenters. The molecule has 3 rings (SSSR count). The number of esters is 1. The minimum absolute atomic E-state index is 0.224. The summed E-state index contributed by atoms with van der Waals surface area (Å²) in [4.78, 5) is 22.9. The van der Waals surface area contributed by atoms with E-state index in [1.807, 2.05) is 24.3 Å². The second-order valence-corrected chi connectivity index (χ2v) is 5.27. The standard InChI is InChI=1S/C16H14ClN3O2/c1-2-22-16(21)15-19-9-13(20-15)6-10-3-4-14-11(5-10)7-12(17)8-18-14/h3-5,7-9H,2,6H2,1H3,(H,19,20). The molecule has 0 aliphatic rings. The van der Waals surface area contributed by atoms with Crippen LogP contribution in [0, 0.1) is 0 Å². The first-order valence-corrected chi connectivity index (χ1v) is 7.28. The first-order chi connectivity index (χ1) is 10.7. The summed E-state index contributed by atoms with van der Waals surface area (Å²) in [6.07, 6.45) is 3.91. The second-order valence-electron chi connectivity index (χ2n) is 4.83. The summed E-state index contributed by atoms with van der Waals surface area (Å²) in [6.45, 7) is 2.09. The maximum Gasteiger partial charge on any atom is 0.374 e. The van der Waals surface area contributed by atoms with E-state index >= 15 is 0 Å². The molecule has 0 saturated heterocycles. The van der Waals surface area contributed by atoms with Gasteiger partial charge in [-0.05, 0) is 30.7 Å². The molecule has 1 aromatic carbocycles. The van der Waals surface area contributed by atoms with Gasteiger partial charge in [0, 0.05) is 29.9 Å². The van der Waals surface area contributed by atoms with Gasteiger partial charge in [0.25, 0.3) is 0 Å². The van der Waals surface area contributed by atoms with Crippen LogP contribution >= 0.6 is 11.6 Å². The molecule has 6 heteroatoms. The van der Waals surface area contributed by atoms with Crippen molar-refractivity contribution in [2.24, 2.45) is 0 Å². The molecule has 1 N–H and O–H groups in total. The van der Waals surface area contributed by atoms with Crippen molar-refractivity contribution in [3.8, 4) is 0 Å². The number of benzene rings is 1. The Balaban J connectivity index is 1.82. The molecule has 0 unspecified atom stereocenters. The zero-order valence-corrected chi connectivity index (χ0v) is 12.7. The van der Waals surface area contributed by atoms with Gasteiger partial charge in [-0.1, -0.05) is 17.7 Å². The average molecular weight is 316 g/mol. The maximum atomic E-state index is 11.6. The zero-order valence-electron chi connectivity index (χ0n) is 12.0. The van der Waals surface area contributed by atoms with Crippen molar-refractivity contribution in [1.29, 1.82) is 0 Å². The fourth-order valence-electron chi connectivity index (χ4n) is 2.24. The molecule has 0 aliphatic carbocycles. The van der Waals surface area contributed by atoms with Gasteiger partial charge in [0.05, 0.1) is 17.1 Å². The third kappa shape index (κ3) is 3.09. The highest BCUT2D eigenvalue weighted by Gasteiger charge is 2.11. The highest BCUT2D eigenvalue weighted by atomic mass is 35.5. The number of aromatic nitrogens is 3. The van der Waals surface area contributed by atoms with Crippen LogP contribution in [0.2, 0.25) is 5.02 Å². The van der Waals surface area contributed by atoms with E-state index in [1.54, 1.807) is 19.3 Å². The molecule has 2 aromatic heterocycles. The van der Waals surface area contributed by atoms with Crippen LogP contribution in [0.3, 0.4) is 0 Å². The molecule has 22 heavy (non-hydrogen) atoms. The number of nitrogens with zero attached hydrogens (tertiary/aromatic N) is 2. The van der Waals surface area contributed by atoms with Gasteiger partial charge in [0.2, 0.25) is 5.82 Å². The topological polar surface area (TPSA) is 67.9 Å². The number of hydrogen-bond donors (Lipinski definition) is 1. The van der Waals surface area contributed by atoms with Crippen LogP contribution in [0.1, 0.15) is 28.8 Å². The number of rotatable bonds is 4. The SMILES string of the molecule is CCOC(=O)c1ncc(Cc2ccc3ncc(Cl)cc3c2)[nH]1. The third-order valence-corrected chi connectivity index (χ3v) is 3.41. The highest BCUT2D eigenvalue weighted by molar-refractivity contribution is 6.31. The van der Waals surface area contributed by atoms with Gasteiger partial charge in [-0.25, -0.2) is 9.78 Å². The number of pyridine rings is 1.